The van der Waals surface area contributed by atoms with E-state index in [1.54, 1.807) is 0 Å². The second-order valence-electron chi connectivity index (χ2n) is 6.67. The highest BCUT2D eigenvalue weighted by atomic mass is 16.2. The van der Waals surface area contributed by atoms with Crippen LogP contribution in [0.3, 0.4) is 0 Å². The minimum atomic E-state index is 0.118. The van der Waals surface area contributed by atoms with Crippen molar-refractivity contribution in [3.05, 3.63) is 29.3 Å². The molecule has 2 aliphatic heterocycles. The molecule has 4 nitrogen and oxygen atoms in total. The Morgan fingerprint density at radius 3 is 2.45 bits per heavy atom. The lowest BCUT2D eigenvalue weighted by molar-refractivity contribution is -0.135. The van der Waals surface area contributed by atoms with Gasteiger partial charge in [-0.25, -0.2) is 0 Å². The van der Waals surface area contributed by atoms with Crippen molar-refractivity contribution in [1.29, 1.82) is 0 Å². The summed E-state index contributed by atoms with van der Waals surface area (Å²) in [6.45, 7) is 8.97. The smallest absolute Gasteiger partial charge is 0.240 e. The molecule has 2 fully saturated rings. The van der Waals surface area contributed by atoms with Gasteiger partial charge in [0.1, 0.15) is 0 Å². The molecule has 0 spiro atoms. The van der Waals surface area contributed by atoms with Crippen LogP contribution in [0.2, 0.25) is 0 Å². The summed E-state index contributed by atoms with van der Waals surface area (Å²) in [4.78, 5) is 19.3. The quantitative estimate of drug-likeness (QED) is 0.836. The van der Waals surface area contributed by atoms with Crippen molar-refractivity contribution in [1.82, 2.24) is 9.80 Å². The summed E-state index contributed by atoms with van der Waals surface area (Å²) in [5.41, 5.74) is 4.02. The predicted octanol–water partition coefficient (Wildman–Crippen LogP) is 2.05. The average Bonchev–Trinajstić information content (AvgIpc) is 2.96. The molecule has 0 saturated carbocycles. The number of rotatable bonds is 2. The molecule has 22 heavy (non-hydrogen) atoms. The van der Waals surface area contributed by atoms with E-state index in [0.717, 1.165) is 45.6 Å². The molecule has 1 amide bonds. The standard InChI is InChI=1S/C18H27N3O/c1-14-6-4-7-16(15(14)2)20-10-12-21(13-11-20)18(22)17-8-5-9-19(17)3/h4,6-7,17H,5,8-13H2,1-3H3. The van der Waals surface area contributed by atoms with Crippen molar-refractivity contribution >= 4 is 11.6 Å². The fourth-order valence-electron chi connectivity index (χ4n) is 3.68. The number of piperazine rings is 1. The first-order valence-corrected chi connectivity index (χ1v) is 8.38. The zero-order valence-corrected chi connectivity index (χ0v) is 14.0. The van der Waals surface area contributed by atoms with Crippen LogP contribution >= 0.6 is 0 Å². The highest BCUT2D eigenvalue weighted by Gasteiger charge is 2.32. The van der Waals surface area contributed by atoms with Gasteiger partial charge in [0.05, 0.1) is 6.04 Å². The van der Waals surface area contributed by atoms with Crippen LogP contribution in [0, 0.1) is 13.8 Å². The van der Waals surface area contributed by atoms with E-state index in [9.17, 15) is 4.79 Å². The number of nitrogens with zero attached hydrogens (tertiary/aromatic N) is 3. The number of anilines is 1. The number of aryl methyl sites for hydroxylation is 1. The maximum atomic E-state index is 12.6. The molecule has 1 unspecified atom stereocenters. The Balaban J connectivity index is 1.63. The minimum absolute atomic E-state index is 0.118. The lowest BCUT2D eigenvalue weighted by Gasteiger charge is -2.38. The van der Waals surface area contributed by atoms with Crippen molar-refractivity contribution in [2.45, 2.75) is 32.7 Å². The Labute approximate surface area is 133 Å². The summed E-state index contributed by atoms with van der Waals surface area (Å²) >= 11 is 0. The highest BCUT2D eigenvalue weighted by Crippen LogP contribution is 2.24. The third-order valence-electron chi connectivity index (χ3n) is 5.31. The molecule has 0 N–H and O–H groups in total. The second-order valence-corrected chi connectivity index (χ2v) is 6.67. The molecule has 2 saturated heterocycles. The van der Waals surface area contributed by atoms with Crippen molar-refractivity contribution in [2.75, 3.05) is 44.7 Å². The maximum Gasteiger partial charge on any atom is 0.240 e. The summed E-state index contributed by atoms with van der Waals surface area (Å²) in [5, 5.41) is 0. The fraction of sp³-hybridized carbons (Fsp3) is 0.611. The summed E-state index contributed by atoms with van der Waals surface area (Å²) < 4.78 is 0. The van der Waals surface area contributed by atoms with Gasteiger partial charge < -0.3 is 9.80 Å². The molecular weight excluding hydrogens is 274 g/mol. The van der Waals surface area contributed by atoms with Crippen LogP contribution in [0.1, 0.15) is 24.0 Å². The predicted molar refractivity (Wildman–Crippen MR) is 90.4 cm³/mol. The molecule has 3 rings (SSSR count). The molecule has 1 atom stereocenters. The Kier molecular flexibility index (Phi) is 4.39. The molecule has 1 aromatic carbocycles. The number of carbonyl (C=O) groups excluding carboxylic acids is 1. The molecule has 1 aromatic rings. The number of hydrogen-bond acceptors (Lipinski definition) is 3. The Bertz CT molecular complexity index is 549. The van der Waals surface area contributed by atoms with E-state index in [1.165, 1.54) is 16.8 Å². The zero-order chi connectivity index (χ0) is 15.7. The van der Waals surface area contributed by atoms with Crippen LogP contribution in [-0.2, 0) is 4.79 Å². The van der Waals surface area contributed by atoms with Gasteiger partial charge in [0.15, 0.2) is 0 Å². The third-order valence-corrected chi connectivity index (χ3v) is 5.31. The van der Waals surface area contributed by atoms with E-state index in [2.05, 4.69) is 53.8 Å². The van der Waals surface area contributed by atoms with Crippen molar-refractivity contribution in [3.8, 4) is 0 Å². The van der Waals surface area contributed by atoms with Gasteiger partial charge in [0, 0.05) is 31.9 Å². The second kappa shape index (κ2) is 6.29. The fourth-order valence-corrected chi connectivity index (χ4v) is 3.68. The lowest BCUT2D eigenvalue weighted by Crippen LogP contribution is -2.53. The number of likely N-dealkylation sites (tertiary alicyclic amines) is 1. The molecule has 2 aliphatic rings. The molecule has 4 heteroatoms. The lowest BCUT2D eigenvalue weighted by atomic mass is 10.1. The van der Waals surface area contributed by atoms with Crippen LogP contribution in [0.5, 0.6) is 0 Å². The normalized spacial score (nSPS) is 23.1. The maximum absolute atomic E-state index is 12.6. The molecular formula is C18H27N3O. The topological polar surface area (TPSA) is 26.8 Å². The van der Waals surface area contributed by atoms with Crippen molar-refractivity contribution < 1.29 is 4.79 Å². The number of benzene rings is 1. The van der Waals surface area contributed by atoms with Crippen molar-refractivity contribution in [3.63, 3.8) is 0 Å². The van der Waals surface area contributed by atoms with Crippen LogP contribution in [-0.4, -0.2) is 61.5 Å². The van der Waals surface area contributed by atoms with E-state index in [4.69, 9.17) is 0 Å². The average molecular weight is 301 g/mol. The monoisotopic (exact) mass is 301 g/mol. The number of amides is 1. The number of likely N-dealkylation sites (N-methyl/N-ethyl adjacent to an activating group) is 1. The van der Waals surface area contributed by atoms with Gasteiger partial charge in [-0.1, -0.05) is 12.1 Å². The van der Waals surface area contributed by atoms with E-state index in [1.807, 2.05) is 0 Å². The highest BCUT2D eigenvalue weighted by molar-refractivity contribution is 5.82. The summed E-state index contributed by atoms with van der Waals surface area (Å²) in [5.74, 6) is 0.334. The summed E-state index contributed by atoms with van der Waals surface area (Å²) in [6.07, 6.45) is 2.17. The molecule has 0 aromatic heterocycles. The summed E-state index contributed by atoms with van der Waals surface area (Å²) in [7, 11) is 2.07. The zero-order valence-electron chi connectivity index (χ0n) is 14.0. The van der Waals surface area contributed by atoms with Gasteiger partial charge >= 0.3 is 0 Å². The number of hydrogen-bond donors (Lipinski definition) is 0. The van der Waals surface area contributed by atoms with Crippen LogP contribution in [0.15, 0.2) is 18.2 Å². The largest absolute Gasteiger partial charge is 0.368 e. The van der Waals surface area contributed by atoms with Gasteiger partial charge in [0.25, 0.3) is 0 Å². The Morgan fingerprint density at radius 1 is 1.09 bits per heavy atom. The van der Waals surface area contributed by atoms with E-state index >= 15 is 0 Å². The van der Waals surface area contributed by atoms with E-state index in [-0.39, 0.29) is 6.04 Å². The van der Waals surface area contributed by atoms with Crippen molar-refractivity contribution in [2.24, 2.45) is 0 Å². The molecule has 2 heterocycles. The van der Waals surface area contributed by atoms with Gasteiger partial charge in [-0.05, 0) is 57.5 Å². The van der Waals surface area contributed by atoms with Gasteiger partial charge in [-0.2, -0.15) is 0 Å². The molecule has 0 radical (unpaired) electrons. The number of carbonyl (C=O) groups is 1. The first-order chi connectivity index (χ1) is 10.6. The van der Waals surface area contributed by atoms with E-state index in [0.29, 0.717) is 5.91 Å². The summed E-state index contributed by atoms with van der Waals surface area (Å²) in [6, 6.07) is 6.61. The third kappa shape index (κ3) is 2.84. The van der Waals surface area contributed by atoms with Crippen LogP contribution < -0.4 is 4.90 Å². The Morgan fingerprint density at radius 2 is 1.82 bits per heavy atom. The van der Waals surface area contributed by atoms with Gasteiger partial charge in [-0.3, -0.25) is 9.69 Å². The molecule has 0 bridgehead atoms. The van der Waals surface area contributed by atoms with E-state index < -0.39 is 0 Å². The molecule has 120 valence electrons. The van der Waals surface area contributed by atoms with Gasteiger partial charge in [0.2, 0.25) is 5.91 Å². The molecule has 0 aliphatic carbocycles. The van der Waals surface area contributed by atoms with Crippen LogP contribution in [0.25, 0.3) is 0 Å². The van der Waals surface area contributed by atoms with Gasteiger partial charge in [-0.15, -0.1) is 0 Å². The first-order valence-electron chi connectivity index (χ1n) is 8.38. The van der Waals surface area contributed by atoms with Crippen LogP contribution in [0.4, 0.5) is 5.69 Å². The SMILES string of the molecule is Cc1cccc(N2CCN(C(=O)C3CCCN3C)CC2)c1C. The minimum Gasteiger partial charge on any atom is -0.368 e. The first kappa shape index (κ1) is 15.3. The Hall–Kier alpha value is -1.55.